The number of nitrogens with zero attached hydrogens (tertiary/aromatic N) is 2. The molecular weight excluding hydrogens is 255 g/mol. The van der Waals surface area contributed by atoms with E-state index in [9.17, 15) is 4.39 Å². The Morgan fingerprint density at radius 2 is 1.95 bits per heavy atom. The van der Waals surface area contributed by atoms with Crippen LogP contribution in [0.4, 0.5) is 4.39 Å². The van der Waals surface area contributed by atoms with Crippen molar-refractivity contribution in [1.29, 1.82) is 0 Å². The topological polar surface area (TPSA) is 26.5 Å². The molecule has 3 nitrogen and oxygen atoms in total. The van der Waals surface area contributed by atoms with Crippen LogP contribution in [0, 0.1) is 19.7 Å². The molecule has 0 saturated carbocycles. The molecule has 0 bridgehead atoms. The van der Waals surface area contributed by atoms with E-state index >= 15 is 0 Å². The molecule has 1 aromatic carbocycles. The van der Waals surface area contributed by atoms with Crippen LogP contribution in [0.15, 0.2) is 36.7 Å². The maximum Gasteiger partial charge on any atom is 0.139 e. The summed E-state index contributed by atoms with van der Waals surface area (Å²) < 4.78 is 20.4. The molecule has 0 aliphatic carbocycles. The normalized spacial score (nSPS) is 11.0. The number of hydrogen-bond donors (Lipinski definition) is 0. The highest BCUT2D eigenvalue weighted by atomic mass is 19.1. The second kappa shape index (κ2) is 4.63. The molecule has 0 fully saturated rings. The van der Waals surface area contributed by atoms with Crippen LogP contribution in [0.5, 0.6) is 5.75 Å². The fourth-order valence-electron chi connectivity index (χ4n) is 2.51. The number of rotatable bonds is 2. The van der Waals surface area contributed by atoms with Crippen LogP contribution in [0.2, 0.25) is 0 Å². The zero-order valence-corrected chi connectivity index (χ0v) is 11.6. The van der Waals surface area contributed by atoms with Crippen molar-refractivity contribution in [1.82, 2.24) is 9.38 Å². The van der Waals surface area contributed by atoms with Gasteiger partial charge in [-0.05, 0) is 43.2 Å². The van der Waals surface area contributed by atoms with Gasteiger partial charge >= 0.3 is 0 Å². The van der Waals surface area contributed by atoms with E-state index < -0.39 is 0 Å². The molecule has 20 heavy (non-hydrogen) atoms. The first-order chi connectivity index (χ1) is 9.58. The molecule has 3 aromatic rings. The van der Waals surface area contributed by atoms with E-state index in [2.05, 4.69) is 11.1 Å². The molecule has 0 saturated heterocycles. The van der Waals surface area contributed by atoms with Crippen LogP contribution in [-0.2, 0) is 0 Å². The third-order valence-electron chi connectivity index (χ3n) is 3.31. The molecule has 0 radical (unpaired) electrons. The number of aryl methyl sites for hydroxylation is 2. The lowest BCUT2D eigenvalue weighted by atomic mass is 10.0. The predicted octanol–water partition coefficient (Wildman–Crippen LogP) is 3.77. The Balaban J connectivity index is 2.24. The average Bonchev–Trinajstić information content (AvgIpc) is 2.80. The molecular formula is C16H15FN2O. The van der Waals surface area contributed by atoms with Crippen molar-refractivity contribution in [2.24, 2.45) is 0 Å². The van der Waals surface area contributed by atoms with Crippen LogP contribution >= 0.6 is 0 Å². The standard InChI is InChI=1S/C16H15FN2O/c1-10-6-11(2)16(20-3)13(7-10)14-9-19-8-12(17)4-5-15(19)18-14/h4-9H,1-3H3. The summed E-state index contributed by atoms with van der Waals surface area (Å²) in [5.41, 5.74) is 4.61. The Labute approximate surface area is 116 Å². The number of pyridine rings is 1. The first-order valence-corrected chi connectivity index (χ1v) is 6.38. The molecule has 3 rings (SSSR count). The van der Waals surface area contributed by atoms with Crippen LogP contribution in [0.3, 0.4) is 0 Å². The van der Waals surface area contributed by atoms with Gasteiger partial charge in [0.2, 0.25) is 0 Å². The summed E-state index contributed by atoms with van der Waals surface area (Å²) >= 11 is 0. The lowest BCUT2D eigenvalue weighted by Crippen LogP contribution is -1.92. The van der Waals surface area contributed by atoms with Crippen molar-refractivity contribution in [2.75, 3.05) is 7.11 Å². The zero-order chi connectivity index (χ0) is 14.3. The van der Waals surface area contributed by atoms with Gasteiger partial charge in [0, 0.05) is 18.0 Å². The number of methoxy groups -OCH3 is 1. The number of halogens is 1. The van der Waals surface area contributed by atoms with E-state index in [4.69, 9.17) is 4.74 Å². The van der Waals surface area contributed by atoms with Gasteiger partial charge in [0.25, 0.3) is 0 Å². The third kappa shape index (κ3) is 2.03. The number of imidazole rings is 1. The van der Waals surface area contributed by atoms with E-state index in [1.807, 2.05) is 26.1 Å². The minimum atomic E-state index is -0.283. The summed E-state index contributed by atoms with van der Waals surface area (Å²) in [5, 5.41) is 0. The van der Waals surface area contributed by atoms with Gasteiger partial charge in [-0.1, -0.05) is 6.07 Å². The van der Waals surface area contributed by atoms with Gasteiger partial charge in [-0.25, -0.2) is 9.37 Å². The monoisotopic (exact) mass is 270 g/mol. The quantitative estimate of drug-likeness (QED) is 0.708. The molecule has 0 spiro atoms. The molecule has 0 aliphatic heterocycles. The lowest BCUT2D eigenvalue weighted by molar-refractivity contribution is 0.413. The van der Waals surface area contributed by atoms with Gasteiger partial charge in [0.05, 0.1) is 12.8 Å². The second-order valence-corrected chi connectivity index (χ2v) is 4.90. The van der Waals surface area contributed by atoms with Crippen molar-refractivity contribution in [3.63, 3.8) is 0 Å². The highest BCUT2D eigenvalue weighted by Gasteiger charge is 2.13. The highest BCUT2D eigenvalue weighted by molar-refractivity contribution is 5.71. The number of benzene rings is 1. The summed E-state index contributed by atoms with van der Waals surface area (Å²) in [4.78, 5) is 4.53. The van der Waals surface area contributed by atoms with Gasteiger partial charge in [0.1, 0.15) is 17.2 Å². The minimum absolute atomic E-state index is 0.283. The number of hydrogen-bond acceptors (Lipinski definition) is 2. The van der Waals surface area contributed by atoms with Crippen molar-refractivity contribution >= 4 is 5.65 Å². The lowest BCUT2D eigenvalue weighted by Gasteiger charge is -2.10. The number of ether oxygens (including phenoxy) is 1. The molecule has 0 atom stereocenters. The molecule has 0 aliphatic rings. The number of aromatic nitrogens is 2. The third-order valence-corrected chi connectivity index (χ3v) is 3.31. The zero-order valence-electron chi connectivity index (χ0n) is 11.6. The maximum atomic E-state index is 13.2. The van der Waals surface area contributed by atoms with Crippen molar-refractivity contribution in [3.8, 4) is 17.0 Å². The maximum absolute atomic E-state index is 13.2. The Kier molecular flexibility index (Phi) is 2.93. The van der Waals surface area contributed by atoms with Gasteiger partial charge in [-0.2, -0.15) is 0 Å². The van der Waals surface area contributed by atoms with Gasteiger partial charge in [-0.15, -0.1) is 0 Å². The van der Waals surface area contributed by atoms with E-state index in [0.29, 0.717) is 5.65 Å². The average molecular weight is 270 g/mol. The van der Waals surface area contributed by atoms with E-state index in [-0.39, 0.29) is 5.82 Å². The minimum Gasteiger partial charge on any atom is -0.496 e. The van der Waals surface area contributed by atoms with Crippen molar-refractivity contribution in [3.05, 3.63) is 53.6 Å². The van der Waals surface area contributed by atoms with Crippen LogP contribution < -0.4 is 4.74 Å². The number of fused-ring (bicyclic) bond motifs is 1. The SMILES string of the molecule is COc1c(C)cc(C)cc1-c1cn2cc(F)ccc2n1. The molecule has 102 valence electrons. The Morgan fingerprint density at radius 1 is 1.15 bits per heavy atom. The molecule has 2 aromatic heterocycles. The largest absolute Gasteiger partial charge is 0.496 e. The van der Waals surface area contributed by atoms with E-state index in [1.165, 1.54) is 12.3 Å². The smallest absolute Gasteiger partial charge is 0.139 e. The van der Waals surface area contributed by atoms with E-state index in [0.717, 1.165) is 28.1 Å². The summed E-state index contributed by atoms with van der Waals surface area (Å²) in [6.45, 7) is 4.04. The van der Waals surface area contributed by atoms with Crippen molar-refractivity contribution < 1.29 is 9.13 Å². The molecule has 4 heteroatoms. The first kappa shape index (κ1) is 12.7. The molecule has 0 unspecified atom stereocenters. The molecule has 0 N–H and O–H groups in total. The summed E-state index contributed by atoms with van der Waals surface area (Å²) in [6.07, 6.45) is 3.23. The summed E-state index contributed by atoms with van der Waals surface area (Å²) in [6, 6.07) is 7.17. The highest BCUT2D eigenvalue weighted by Crippen LogP contribution is 2.33. The Bertz CT molecular complexity index is 793. The Hall–Kier alpha value is -2.36. The van der Waals surface area contributed by atoms with E-state index in [1.54, 1.807) is 17.6 Å². The first-order valence-electron chi connectivity index (χ1n) is 6.38. The fraction of sp³-hybridized carbons (Fsp3) is 0.188. The van der Waals surface area contributed by atoms with Crippen LogP contribution in [-0.4, -0.2) is 16.5 Å². The predicted molar refractivity (Wildman–Crippen MR) is 76.6 cm³/mol. The van der Waals surface area contributed by atoms with Crippen LogP contribution in [0.25, 0.3) is 16.9 Å². The summed E-state index contributed by atoms with van der Waals surface area (Å²) in [7, 11) is 1.65. The molecule has 0 amide bonds. The van der Waals surface area contributed by atoms with Crippen LogP contribution in [0.1, 0.15) is 11.1 Å². The Morgan fingerprint density at radius 3 is 2.70 bits per heavy atom. The molecule has 2 heterocycles. The summed E-state index contributed by atoms with van der Waals surface area (Å²) in [5.74, 6) is 0.522. The van der Waals surface area contributed by atoms with Crippen molar-refractivity contribution in [2.45, 2.75) is 13.8 Å². The fourth-order valence-corrected chi connectivity index (χ4v) is 2.51. The van der Waals surface area contributed by atoms with Gasteiger partial charge in [0.15, 0.2) is 0 Å². The van der Waals surface area contributed by atoms with Gasteiger partial charge in [-0.3, -0.25) is 0 Å². The van der Waals surface area contributed by atoms with Gasteiger partial charge < -0.3 is 9.14 Å². The second-order valence-electron chi connectivity index (χ2n) is 4.90.